The Morgan fingerprint density at radius 3 is 2.14 bits per heavy atom. The molecule has 396 valence electrons. The van der Waals surface area contributed by atoms with E-state index in [1.807, 2.05) is 19.9 Å². The molecule has 4 aliphatic heterocycles. The zero-order valence-electron chi connectivity index (χ0n) is 43.0. The minimum Gasteiger partial charge on any atom is -0.462 e. The average molecular weight is 986 g/mol. The van der Waals surface area contributed by atoms with E-state index in [2.05, 4.69) is 0 Å². The maximum atomic E-state index is 13.8. The fourth-order valence-corrected chi connectivity index (χ4v) is 10.1. The standard InChI is InChI=1S/C50H83NO18/c1-14-16-37(55)67-47-31(8)63-39(24-50(47,9)59)68-44-30(7)65-48(42(58)40(44)51(10)11)69-43-28(5)35(54)23-38(56)66-36(15-2)33(21-26(3)17-18-34(53)27(4)22-32(43)19-20-52)25-62-49-46(61-13)45(60-12)41(57)29(6)64-49/h17-18,20-21,27-33,35-36,39-49,54,57-59H,14-16,19,22-25H2,1-13H3/b18-17+,26-21+/t27-,28+,29-,30-,31+,32+,33-,35-,36-,39+,40-,41-,42-,43-,44-,45-,46-,47+,48+,49-,50-/m1/s1. The van der Waals surface area contributed by atoms with Crippen molar-refractivity contribution in [3.8, 4) is 0 Å². The molecule has 0 aromatic rings. The molecule has 3 saturated heterocycles. The summed E-state index contributed by atoms with van der Waals surface area (Å²) in [6.45, 7) is 15.6. The topological polar surface area (TPSA) is 245 Å². The molecule has 4 rings (SSSR count). The Balaban J connectivity index is 1.60. The zero-order chi connectivity index (χ0) is 51.5. The number of ketones is 1. The molecule has 0 radical (unpaired) electrons. The van der Waals surface area contributed by atoms with Crippen molar-refractivity contribution >= 4 is 24.0 Å². The van der Waals surface area contributed by atoms with Crippen LogP contribution in [0.1, 0.15) is 107 Å². The van der Waals surface area contributed by atoms with E-state index in [1.54, 1.807) is 73.5 Å². The number of allylic oxidation sites excluding steroid dienone is 3. The summed E-state index contributed by atoms with van der Waals surface area (Å²) in [4.78, 5) is 54.1. The number of likely N-dealkylation sites (N-methyl/N-ethyl adjacent to an activating group) is 1. The van der Waals surface area contributed by atoms with Crippen molar-refractivity contribution in [2.75, 3.05) is 34.9 Å². The number of carbonyl (C=O) groups excluding carboxylic acids is 4. The number of aliphatic hydroxyl groups excluding tert-OH is 3. The molecule has 21 atom stereocenters. The van der Waals surface area contributed by atoms with Gasteiger partial charge in [0.15, 0.2) is 30.8 Å². The first-order valence-corrected chi connectivity index (χ1v) is 24.6. The van der Waals surface area contributed by atoms with Crippen LogP contribution in [0, 0.1) is 23.7 Å². The van der Waals surface area contributed by atoms with E-state index >= 15 is 0 Å². The van der Waals surface area contributed by atoms with Gasteiger partial charge in [0.2, 0.25) is 0 Å². The van der Waals surface area contributed by atoms with Gasteiger partial charge in [0.05, 0.1) is 49.6 Å². The average Bonchev–Trinajstić information content (AvgIpc) is 3.27. The molecule has 3 fully saturated rings. The third-order valence-electron chi connectivity index (χ3n) is 14.1. The lowest BCUT2D eigenvalue weighted by Crippen LogP contribution is -2.65. The Morgan fingerprint density at radius 2 is 1.55 bits per heavy atom. The van der Waals surface area contributed by atoms with E-state index in [0.717, 1.165) is 6.29 Å². The Bertz CT molecular complexity index is 1710. The number of nitrogens with zero attached hydrogens (tertiary/aromatic N) is 1. The monoisotopic (exact) mass is 986 g/mol. The largest absolute Gasteiger partial charge is 0.462 e. The van der Waals surface area contributed by atoms with Gasteiger partial charge in [-0.1, -0.05) is 45.4 Å². The number of aliphatic hydroxyl groups is 4. The predicted molar refractivity (Wildman–Crippen MR) is 249 cm³/mol. The van der Waals surface area contributed by atoms with Crippen molar-refractivity contribution in [2.45, 2.75) is 211 Å². The van der Waals surface area contributed by atoms with Gasteiger partial charge in [-0.3, -0.25) is 14.4 Å². The molecule has 4 aliphatic rings. The second kappa shape index (κ2) is 26.8. The molecule has 0 amide bonds. The molecule has 19 nitrogen and oxygen atoms in total. The molecule has 0 aromatic carbocycles. The van der Waals surface area contributed by atoms with E-state index in [1.165, 1.54) is 20.3 Å². The number of esters is 2. The van der Waals surface area contributed by atoms with E-state index in [-0.39, 0.29) is 38.1 Å². The second-order valence-electron chi connectivity index (χ2n) is 20.0. The molecule has 0 spiro atoms. The Labute approximate surface area is 408 Å². The van der Waals surface area contributed by atoms with Crippen molar-refractivity contribution in [3.05, 3.63) is 23.8 Å². The van der Waals surface area contributed by atoms with Crippen LogP contribution in [0.3, 0.4) is 0 Å². The highest BCUT2D eigenvalue weighted by atomic mass is 16.7. The van der Waals surface area contributed by atoms with Crippen molar-refractivity contribution < 1.29 is 87.0 Å². The first kappa shape index (κ1) is 58.8. The number of hydrogen-bond donors (Lipinski definition) is 4. The van der Waals surface area contributed by atoms with E-state index in [4.69, 9.17) is 47.4 Å². The van der Waals surface area contributed by atoms with Crippen molar-refractivity contribution in [1.82, 2.24) is 4.90 Å². The quantitative estimate of drug-likeness (QED) is 0.128. The number of cyclic esters (lactones) is 1. The molecule has 0 saturated carbocycles. The maximum Gasteiger partial charge on any atom is 0.308 e. The molecule has 0 bridgehead atoms. The lowest BCUT2D eigenvalue weighted by atomic mass is 9.79. The fraction of sp³-hybridized carbons (Fsp3) is 0.840. The van der Waals surface area contributed by atoms with Crippen LogP contribution in [0.15, 0.2) is 23.8 Å². The van der Waals surface area contributed by atoms with Crippen LogP contribution in [0.25, 0.3) is 0 Å². The van der Waals surface area contributed by atoms with Crippen molar-refractivity contribution in [2.24, 2.45) is 23.7 Å². The number of hydrogen-bond acceptors (Lipinski definition) is 19. The first-order chi connectivity index (χ1) is 32.5. The van der Waals surface area contributed by atoms with Gasteiger partial charge < -0.3 is 77.5 Å². The SMILES string of the molecule is CCCC(=O)O[C@H]1[C@H](C)O[C@@H](O[C@H]2[C@H](N(C)C)[C@@H](O)[C@H](O[C@H]3[C@@H](CC=O)C[C@@H](C)C(=O)/C=C/C(C)=C/[C@H](CO[C@@H]4O[C@H](C)[C@@H](O)[C@@H](OC)[C@H]4OC)[C@@H](CC)OC(=O)C[C@@H](O)[C@@H]3C)O[C@@H]2C)C[C@@]1(C)O. The summed E-state index contributed by atoms with van der Waals surface area (Å²) in [6, 6.07) is -0.778. The van der Waals surface area contributed by atoms with Crippen LogP contribution in [-0.4, -0.2) is 188 Å². The van der Waals surface area contributed by atoms with Crippen molar-refractivity contribution in [1.29, 1.82) is 0 Å². The lowest BCUT2D eigenvalue weighted by Gasteiger charge is -2.50. The number of carbonyl (C=O) groups is 4. The molecular weight excluding hydrogens is 903 g/mol. The number of rotatable bonds is 16. The highest BCUT2D eigenvalue weighted by Gasteiger charge is 2.53. The van der Waals surface area contributed by atoms with Gasteiger partial charge in [0, 0.05) is 51.2 Å². The summed E-state index contributed by atoms with van der Waals surface area (Å²) in [5.74, 6) is -4.10. The summed E-state index contributed by atoms with van der Waals surface area (Å²) in [7, 11) is 6.43. The van der Waals surface area contributed by atoms with Gasteiger partial charge in [-0.25, -0.2) is 0 Å². The minimum absolute atomic E-state index is 0.0142. The van der Waals surface area contributed by atoms with Crippen LogP contribution < -0.4 is 0 Å². The van der Waals surface area contributed by atoms with Gasteiger partial charge in [0.1, 0.15) is 48.5 Å². The van der Waals surface area contributed by atoms with Crippen LogP contribution >= 0.6 is 0 Å². The molecule has 0 aromatic heterocycles. The third kappa shape index (κ3) is 15.4. The third-order valence-corrected chi connectivity index (χ3v) is 14.1. The van der Waals surface area contributed by atoms with Crippen molar-refractivity contribution in [3.63, 3.8) is 0 Å². The van der Waals surface area contributed by atoms with Crippen LogP contribution in [0.4, 0.5) is 0 Å². The molecular formula is C50H83NO18. The zero-order valence-corrected chi connectivity index (χ0v) is 43.0. The van der Waals surface area contributed by atoms with Gasteiger partial charge in [0.25, 0.3) is 0 Å². The van der Waals surface area contributed by atoms with E-state index in [0.29, 0.717) is 18.4 Å². The van der Waals surface area contributed by atoms with Gasteiger partial charge in [-0.15, -0.1) is 0 Å². The number of aldehydes is 1. The predicted octanol–water partition coefficient (Wildman–Crippen LogP) is 3.18. The number of methoxy groups -OCH3 is 2. The molecule has 4 heterocycles. The summed E-state index contributed by atoms with van der Waals surface area (Å²) in [5.41, 5.74) is -0.822. The second-order valence-corrected chi connectivity index (χ2v) is 20.0. The smallest absolute Gasteiger partial charge is 0.308 e. The summed E-state index contributed by atoms with van der Waals surface area (Å²) >= 11 is 0. The van der Waals surface area contributed by atoms with Crippen LogP contribution in [0.5, 0.6) is 0 Å². The summed E-state index contributed by atoms with van der Waals surface area (Å²) < 4.78 is 60.8. The molecule has 19 heteroatoms. The van der Waals surface area contributed by atoms with Crippen LogP contribution in [0.2, 0.25) is 0 Å². The molecule has 4 N–H and O–H groups in total. The lowest BCUT2D eigenvalue weighted by molar-refractivity contribution is -0.342. The Morgan fingerprint density at radius 1 is 0.884 bits per heavy atom. The number of ether oxygens (including phenoxy) is 10. The Kier molecular flexibility index (Phi) is 22.8. The summed E-state index contributed by atoms with van der Waals surface area (Å²) in [6.07, 6.45) is -7.78. The first-order valence-electron chi connectivity index (χ1n) is 24.6. The van der Waals surface area contributed by atoms with Crippen LogP contribution in [-0.2, 0) is 66.5 Å². The van der Waals surface area contributed by atoms with Gasteiger partial charge in [-0.2, -0.15) is 0 Å². The maximum absolute atomic E-state index is 13.8. The molecule has 0 aliphatic carbocycles. The molecule has 0 unspecified atom stereocenters. The Hall–Kier alpha value is -2.76. The van der Waals surface area contributed by atoms with Gasteiger partial charge >= 0.3 is 11.9 Å². The molecule has 69 heavy (non-hydrogen) atoms. The highest BCUT2D eigenvalue weighted by molar-refractivity contribution is 5.91. The summed E-state index contributed by atoms with van der Waals surface area (Å²) in [5, 5.41) is 46.1. The van der Waals surface area contributed by atoms with E-state index in [9.17, 15) is 39.6 Å². The van der Waals surface area contributed by atoms with Gasteiger partial charge in [-0.05, 0) is 80.0 Å². The highest BCUT2D eigenvalue weighted by Crippen LogP contribution is 2.38. The normalized spacial score (nSPS) is 43.4. The minimum atomic E-state index is -1.50. The van der Waals surface area contributed by atoms with E-state index < -0.39 is 146 Å². The fourth-order valence-electron chi connectivity index (χ4n) is 10.1.